The number of nitriles is 1. The van der Waals surface area contributed by atoms with E-state index in [2.05, 4.69) is 53.9 Å². The fourth-order valence-corrected chi connectivity index (χ4v) is 4.35. The van der Waals surface area contributed by atoms with Crippen molar-refractivity contribution in [3.63, 3.8) is 0 Å². The molecule has 1 fully saturated rings. The highest BCUT2D eigenvalue weighted by Gasteiger charge is 2.23. The highest BCUT2D eigenvalue weighted by atomic mass is 16.5. The van der Waals surface area contributed by atoms with Gasteiger partial charge >= 0.3 is 0 Å². The largest absolute Gasteiger partial charge is 0.488 e. The molecule has 1 saturated heterocycles. The monoisotopic (exact) mass is 438 g/mol. The molecule has 0 unspecified atom stereocenters. The lowest BCUT2D eigenvalue weighted by Gasteiger charge is -2.23. The third-order valence-corrected chi connectivity index (χ3v) is 6.20. The number of ether oxygens (including phenoxy) is 1. The number of piperidine rings is 1. The predicted octanol–water partition coefficient (Wildman–Crippen LogP) is 5.72. The maximum absolute atomic E-state index is 12.6. The van der Waals surface area contributed by atoms with E-state index in [0.29, 0.717) is 19.4 Å². The summed E-state index contributed by atoms with van der Waals surface area (Å²) in [5.41, 5.74) is 4.30. The summed E-state index contributed by atoms with van der Waals surface area (Å²) in [6.07, 6.45) is 3.99. The Morgan fingerprint density at radius 1 is 0.970 bits per heavy atom. The summed E-state index contributed by atoms with van der Waals surface area (Å²) >= 11 is 0. The Bertz CT molecular complexity index is 1080. The Morgan fingerprint density at radius 3 is 2.45 bits per heavy atom. The van der Waals surface area contributed by atoms with Gasteiger partial charge in [0, 0.05) is 12.0 Å². The minimum absolute atomic E-state index is 0.0793. The van der Waals surface area contributed by atoms with Crippen LogP contribution in [0.2, 0.25) is 0 Å². The molecule has 0 amide bonds. The minimum Gasteiger partial charge on any atom is -0.488 e. The van der Waals surface area contributed by atoms with Crippen molar-refractivity contribution < 1.29 is 9.53 Å². The molecule has 0 spiro atoms. The van der Waals surface area contributed by atoms with Crippen LogP contribution in [-0.4, -0.2) is 18.4 Å². The second kappa shape index (κ2) is 11.4. The van der Waals surface area contributed by atoms with E-state index in [-0.39, 0.29) is 17.7 Å². The molecule has 3 aromatic rings. The molecule has 0 aromatic heterocycles. The predicted molar refractivity (Wildman–Crippen MR) is 131 cm³/mol. The number of ketones is 1. The van der Waals surface area contributed by atoms with Crippen molar-refractivity contribution >= 4 is 5.78 Å². The summed E-state index contributed by atoms with van der Waals surface area (Å²) in [6, 6.07) is 28.7. The van der Waals surface area contributed by atoms with Crippen LogP contribution in [-0.2, 0) is 17.8 Å². The van der Waals surface area contributed by atoms with Crippen LogP contribution in [0.3, 0.4) is 0 Å². The van der Waals surface area contributed by atoms with Gasteiger partial charge in [-0.3, -0.25) is 4.79 Å². The number of nitrogens with one attached hydrogen (secondary N) is 1. The van der Waals surface area contributed by atoms with E-state index in [9.17, 15) is 10.1 Å². The molecule has 1 heterocycles. The molecule has 168 valence electrons. The standard InChI is InChI=1S/C29H30N2O2/c30-20-24(19-28(32)27-11-6-7-17-31-27)18-22-13-15-25(16-14-22)26-10-4-5-12-29(26)33-21-23-8-2-1-3-9-23/h1-5,8-10,12-16,24,27,31H,6-7,11,17-19,21H2/t24-,27+/m1/s1. The quantitative estimate of drug-likeness (QED) is 0.464. The number of nitrogens with zero attached hydrogens (tertiary/aromatic N) is 1. The van der Waals surface area contributed by atoms with Crippen LogP contribution in [0, 0.1) is 17.2 Å². The van der Waals surface area contributed by atoms with Crippen molar-refractivity contribution in [3.8, 4) is 22.9 Å². The number of hydrogen-bond acceptors (Lipinski definition) is 4. The van der Waals surface area contributed by atoms with Crippen molar-refractivity contribution in [2.24, 2.45) is 5.92 Å². The van der Waals surface area contributed by atoms with E-state index < -0.39 is 0 Å². The zero-order chi connectivity index (χ0) is 22.9. The molecule has 4 heteroatoms. The van der Waals surface area contributed by atoms with Gasteiger partial charge in [-0.05, 0) is 48.6 Å². The maximum Gasteiger partial charge on any atom is 0.151 e. The highest BCUT2D eigenvalue weighted by molar-refractivity contribution is 5.84. The van der Waals surface area contributed by atoms with Crippen LogP contribution < -0.4 is 10.1 Å². The summed E-state index contributed by atoms with van der Waals surface area (Å²) in [6.45, 7) is 1.41. The molecule has 0 aliphatic carbocycles. The fourth-order valence-electron chi connectivity index (χ4n) is 4.35. The number of benzene rings is 3. The van der Waals surface area contributed by atoms with Gasteiger partial charge in [0.2, 0.25) is 0 Å². The van der Waals surface area contributed by atoms with Gasteiger partial charge in [0.25, 0.3) is 0 Å². The Morgan fingerprint density at radius 2 is 1.73 bits per heavy atom. The van der Waals surface area contributed by atoms with E-state index in [1.165, 1.54) is 0 Å². The summed E-state index contributed by atoms with van der Waals surface area (Å²) in [4.78, 5) is 12.6. The summed E-state index contributed by atoms with van der Waals surface area (Å²) < 4.78 is 6.10. The maximum atomic E-state index is 12.6. The number of rotatable bonds is 9. The Hall–Kier alpha value is -3.42. The van der Waals surface area contributed by atoms with Crippen LogP contribution in [0.25, 0.3) is 11.1 Å². The zero-order valence-corrected chi connectivity index (χ0v) is 18.9. The summed E-state index contributed by atoms with van der Waals surface area (Å²) in [5, 5.41) is 12.9. The number of carbonyl (C=O) groups excluding carboxylic acids is 1. The first kappa shape index (κ1) is 22.8. The molecule has 1 N–H and O–H groups in total. The Kier molecular flexibility index (Phi) is 7.90. The number of carbonyl (C=O) groups is 1. The molecule has 2 atom stereocenters. The van der Waals surface area contributed by atoms with E-state index in [0.717, 1.165) is 53.8 Å². The van der Waals surface area contributed by atoms with Crippen LogP contribution in [0.5, 0.6) is 5.75 Å². The Labute approximate surface area is 196 Å². The lowest BCUT2D eigenvalue weighted by atomic mass is 9.90. The Balaban J connectivity index is 1.39. The first-order chi connectivity index (χ1) is 16.2. The van der Waals surface area contributed by atoms with Gasteiger partial charge in [0.1, 0.15) is 12.4 Å². The van der Waals surface area contributed by atoms with Gasteiger partial charge in [-0.15, -0.1) is 0 Å². The molecule has 1 aliphatic rings. The third kappa shape index (κ3) is 6.31. The molecule has 3 aromatic carbocycles. The second-order valence-electron chi connectivity index (χ2n) is 8.67. The van der Waals surface area contributed by atoms with Gasteiger partial charge in [0.15, 0.2) is 5.78 Å². The van der Waals surface area contributed by atoms with Gasteiger partial charge in [0.05, 0.1) is 18.0 Å². The van der Waals surface area contributed by atoms with Crippen LogP contribution >= 0.6 is 0 Å². The van der Waals surface area contributed by atoms with Crippen molar-refractivity contribution in [2.45, 2.75) is 44.8 Å². The SMILES string of the molecule is N#C[C@@H](CC(=O)[C@@H]1CCCCN1)Cc1ccc(-c2ccccc2OCc2ccccc2)cc1. The topological polar surface area (TPSA) is 62.1 Å². The van der Waals surface area contributed by atoms with Gasteiger partial charge < -0.3 is 10.1 Å². The normalized spacial score (nSPS) is 16.5. The average molecular weight is 439 g/mol. The zero-order valence-electron chi connectivity index (χ0n) is 18.9. The van der Waals surface area contributed by atoms with Crippen molar-refractivity contribution in [1.29, 1.82) is 5.26 Å². The van der Waals surface area contributed by atoms with E-state index in [4.69, 9.17) is 4.74 Å². The lowest BCUT2D eigenvalue weighted by molar-refractivity contribution is -0.122. The van der Waals surface area contributed by atoms with Crippen molar-refractivity contribution in [2.75, 3.05) is 6.54 Å². The van der Waals surface area contributed by atoms with Gasteiger partial charge in [-0.2, -0.15) is 5.26 Å². The van der Waals surface area contributed by atoms with Gasteiger partial charge in [-0.25, -0.2) is 0 Å². The number of Topliss-reactive ketones (excluding diaryl/α,β-unsaturated/α-hetero) is 1. The molecule has 4 nitrogen and oxygen atoms in total. The molecule has 0 radical (unpaired) electrons. The second-order valence-corrected chi connectivity index (χ2v) is 8.67. The number of para-hydroxylation sites is 1. The van der Waals surface area contributed by atoms with E-state index >= 15 is 0 Å². The summed E-state index contributed by atoms with van der Waals surface area (Å²) in [5.74, 6) is 0.713. The first-order valence-corrected chi connectivity index (χ1v) is 11.7. The van der Waals surface area contributed by atoms with Crippen LogP contribution in [0.15, 0.2) is 78.9 Å². The molecular weight excluding hydrogens is 408 g/mol. The minimum atomic E-state index is -0.298. The van der Waals surface area contributed by atoms with Crippen molar-refractivity contribution in [3.05, 3.63) is 90.0 Å². The van der Waals surface area contributed by atoms with Crippen molar-refractivity contribution in [1.82, 2.24) is 5.32 Å². The van der Waals surface area contributed by atoms with Gasteiger partial charge in [-0.1, -0.05) is 79.2 Å². The molecule has 4 rings (SSSR count). The molecule has 33 heavy (non-hydrogen) atoms. The smallest absolute Gasteiger partial charge is 0.151 e. The lowest BCUT2D eigenvalue weighted by Crippen LogP contribution is -2.41. The molecular formula is C29H30N2O2. The summed E-state index contributed by atoms with van der Waals surface area (Å²) in [7, 11) is 0. The van der Waals surface area contributed by atoms with Crippen LogP contribution in [0.4, 0.5) is 0 Å². The molecule has 0 bridgehead atoms. The first-order valence-electron chi connectivity index (χ1n) is 11.7. The highest BCUT2D eigenvalue weighted by Crippen LogP contribution is 2.31. The van der Waals surface area contributed by atoms with E-state index in [1.54, 1.807) is 0 Å². The number of hydrogen-bond donors (Lipinski definition) is 1. The van der Waals surface area contributed by atoms with E-state index in [1.807, 2.05) is 36.4 Å². The molecule has 1 aliphatic heterocycles. The van der Waals surface area contributed by atoms with Crippen LogP contribution in [0.1, 0.15) is 36.8 Å². The fraction of sp³-hybridized carbons (Fsp3) is 0.310. The molecule has 0 saturated carbocycles. The average Bonchev–Trinajstić information content (AvgIpc) is 2.89. The third-order valence-electron chi connectivity index (χ3n) is 6.20.